The van der Waals surface area contributed by atoms with E-state index in [0.717, 1.165) is 0 Å². The highest BCUT2D eigenvalue weighted by molar-refractivity contribution is 5.34. The van der Waals surface area contributed by atoms with Crippen LogP contribution in [-0.4, -0.2) is 21.5 Å². The van der Waals surface area contributed by atoms with Crippen LogP contribution in [0, 0.1) is 0 Å². The van der Waals surface area contributed by atoms with Gasteiger partial charge in [-0.2, -0.15) is 0 Å². The Morgan fingerprint density at radius 2 is 1.61 bits per heavy atom. The molecular formula is C17H27N. The first kappa shape index (κ1) is 12.5. The summed E-state index contributed by atoms with van der Waals surface area (Å²) in [7, 11) is 0. The lowest BCUT2D eigenvalue weighted by atomic mass is 9.75. The SMILES string of the molecule is C=CCC12CCCCC3(C)N1C3(CC=C)CCC2. The molecule has 0 spiro atoms. The van der Waals surface area contributed by atoms with Gasteiger partial charge in [0.25, 0.3) is 0 Å². The Morgan fingerprint density at radius 3 is 2.33 bits per heavy atom. The van der Waals surface area contributed by atoms with E-state index >= 15 is 0 Å². The molecule has 0 amide bonds. The second kappa shape index (κ2) is 3.96. The fourth-order valence-corrected chi connectivity index (χ4v) is 5.54. The van der Waals surface area contributed by atoms with Crippen molar-refractivity contribution in [3.8, 4) is 0 Å². The van der Waals surface area contributed by atoms with E-state index < -0.39 is 0 Å². The minimum atomic E-state index is 0.439. The van der Waals surface area contributed by atoms with Gasteiger partial charge in [-0.1, -0.05) is 25.0 Å². The zero-order chi connectivity index (χ0) is 12.9. The molecule has 100 valence electrons. The molecule has 3 aliphatic rings. The van der Waals surface area contributed by atoms with Crippen LogP contribution in [0.2, 0.25) is 0 Å². The Labute approximate surface area is 112 Å². The van der Waals surface area contributed by atoms with Crippen LogP contribution in [0.1, 0.15) is 64.7 Å². The molecule has 3 aliphatic heterocycles. The van der Waals surface area contributed by atoms with Gasteiger partial charge < -0.3 is 0 Å². The summed E-state index contributed by atoms with van der Waals surface area (Å²) in [6, 6.07) is 0. The van der Waals surface area contributed by atoms with Crippen LogP contribution in [0.3, 0.4) is 0 Å². The van der Waals surface area contributed by atoms with Crippen molar-refractivity contribution in [2.75, 3.05) is 0 Å². The van der Waals surface area contributed by atoms with Gasteiger partial charge in [0.05, 0.1) is 0 Å². The van der Waals surface area contributed by atoms with Crippen molar-refractivity contribution in [2.45, 2.75) is 81.3 Å². The molecule has 0 saturated carbocycles. The zero-order valence-electron chi connectivity index (χ0n) is 11.9. The molecule has 4 unspecified atom stereocenters. The Hall–Kier alpha value is -0.560. The molecule has 3 saturated heterocycles. The number of piperidine rings is 1. The summed E-state index contributed by atoms with van der Waals surface area (Å²) in [5.41, 5.74) is 1.35. The van der Waals surface area contributed by atoms with E-state index in [1.165, 1.54) is 57.8 Å². The molecule has 3 fully saturated rings. The van der Waals surface area contributed by atoms with Crippen molar-refractivity contribution in [1.29, 1.82) is 0 Å². The molecule has 3 heterocycles. The summed E-state index contributed by atoms with van der Waals surface area (Å²) >= 11 is 0. The highest BCUT2D eigenvalue weighted by atomic mass is 15.5. The minimum Gasteiger partial charge on any atom is -0.282 e. The van der Waals surface area contributed by atoms with Gasteiger partial charge in [0.15, 0.2) is 0 Å². The van der Waals surface area contributed by atoms with Gasteiger partial charge in [0.1, 0.15) is 0 Å². The normalized spacial score (nSPS) is 49.9. The van der Waals surface area contributed by atoms with E-state index in [-0.39, 0.29) is 0 Å². The van der Waals surface area contributed by atoms with Gasteiger partial charge in [0.2, 0.25) is 0 Å². The van der Waals surface area contributed by atoms with Gasteiger partial charge in [0, 0.05) is 16.6 Å². The zero-order valence-corrected chi connectivity index (χ0v) is 11.9. The van der Waals surface area contributed by atoms with Crippen LogP contribution in [0.4, 0.5) is 0 Å². The number of hydrogen-bond acceptors (Lipinski definition) is 1. The summed E-state index contributed by atoms with van der Waals surface area (Å²) in [6.45, 7) is 10.6. The van der Waals surface area contributed by atoms with E-state index in [1.807, 2.05) is 0 Å². The van der Waals surface area contributed by atoms with Crippen molar-refractivity contribution in [2.24, 2.45) is 0 Å². The van der Waals surface area contributed by atoms with E-state index in [1.54, 1.807) is 0 Å². The Bertz CT molecular complexity index is 374. The summed E-state index contributed by atoms with van der Waals surface area (Å²) in [5.74, 6) is 0. The molecular weight excluding hydrogens is 218 g/mol. The number of rotatable bonds is 4. The molecule has 1 nitrogen and oxygen atoms in total. The average molecular weight is 245 g/mol. The fraction of sp³-hybridized carbons (Fsp3) is 0.765. The van der Waals surface area contributed by atoms with Crippen molar-refractivity contribution in [3.05, 3.63) is 25.3 Å². The molecule has 18 heavy (non-hydrogen) atoms. The summed E-state index contributed by atoms with van der Waals surface area (Å²) in [4.78, 5) is 2.91. The quantitative estimate of drug-likeness (QED) is 0.522. The van der Waals surface area contributed by atoms with Gasteiger partial charge in [-0.25, -0.2) is 0 Å². The van der Waals surface area contributed by atoms with Gasteiger partial charge in [-0.15, -0.1) is 13.2 Å². The average Bonchev–Trinajstić information content (AvgIpc) is 2.92. The maximum absolute atomic E-state index is 4.03. The third-order valence-electron chi connectivity index (χ3n) is 6.14. The topological polar surface area (TPSA) is 3.01 Å². The molecule has 0 N–H and O–H groups in total. The predicted octanol–water partition coefficient (Wildman–Crippen LogP) is 4.45. The lowest BCUT2D eigenvalue weighted by Gasteiger charge is -2.41. The summed E-state index contributed by atoms with van der Waals surface area (Å²) in [6.07, 6.45) is 16.4. The molecule has 4 atom stereocenters. The smallest absolute Gasteiger partial charge is 0.0437 e. The maximum Gasteiger partial charge on any atom is 0.0437 e. The first-order valence-corrected chi connectivity index (χ1v) is 7.68. The monoisotopic (exact) mass is 245 g/mol. The Morgan fingerprint density at radius 1 is 0.944 bits per heavy atom. The Balaban J connectivity index is 2.01. The van der Waals surface area contributed by atoms with Crippen molar-refractivity contribution >= 4 is 0 Å². The molecule has 0 aromatic heterocycles. The molecule has 3 rings (SSSR count). The second-order valence-electron chi connectivity index (χ2n) is 6.91. The first-order chi connectivity index (χ1) is 8.65. The molecule has 1 heteroatoms. The van der Waals surface area contributed by atoms with Crippen LogP contribution >= 0.6 is 0 Å². The van der Waals surface area contributed by atoms with Crippen LogP contribution in [0.15, 0.2) is 25.3 Å². The largest absolute Gasteiger partial charge is 0.282 e. The highest BCUT2D eigenvalue weighted by Crippen LogP contribution is 2.69. The van der Waals surface area contributed by atoms with Crippen LogP contribution in [0.5, 0.6) is 0 Å². The van der Waals surface area contributed by atoms with E-state index in [9.17, 15) is 0 Å². The van der Waals surface area contributed by atoms with Gasteiger partial charge >= 0.3 is 0 Å². The third-order valence-corrected chi connectivity index (χ3v) is 6.14. The number of fused-ring (bicyclic) bond motifs is 1. The standard InChI is InChI=1S/C17H27N/c1-4-9-16-12-7-6-11-15(3)17(10-5-2,18(15)16)14-8-13-16/h4-5H,1-2,6-14H2,3H3. The maximum atomic E-state index is 4.03. The fourth-order valence-electron chi connectivity index (χ4n) is 5.54. The molecule has 0 radical (unpaired) electrons. The van der Waals surface area contributed by atoms with Crippen molar-refractivity contribution < 1.29 is 0 Å². The summed E-state index contributed by atoms with van der Waals surface area (Å²) in [5, 5.41) is 0. The van der Waals surface area contributed by atoms with Gasteiger partial charge in [-0.05, 0) is 51.9 Å². The van der Waals surface area contributed by atoms with Crippen molar-refractivity contribution in [1.82, 2.24) is 4.90 Å². The van der Waals surface area contributed by atoms with Crippen LogP contribution in [-0.2, 0) is 0 Å². The summed E-state index contributed by atoms with van der Waals surface area (Å²) < 4.78 is 0. The van der Waals surface area contributed by atoms with Crippen LogP contribution < -0.4 is 0 Å². The van der Waals surface area contributed by atoms with Gasteiger partial charge in [-0.3, -0.25) is 4.90 Å². The predicted molar refractivity (Wildman–Crippen MR) is 77.7 cm³/mol. The van der Waals surface area contributed by atoms with Crippen LogP contribution in [0.25, 0.3) is 0 Å². The number of nitrogens with zero attached hydrogens (tertiary/aromatic N) is 1. The van der Waals surface area contributed by atoms with E-state index in [0.29, 0.717) is 16.6 Å². The molecule has 0 aliphatic carbocycles. The minimum absolute atomic E-state index is 0.439. The van der Waals surface area contributed by atoms with E-state index in [4.69, 9.17) is 0 Å². The first-order valence-electron chi connectivity index (χ1n) is 7.68. The molecule has 0 aromatic rings. The molecule has 0 aromatic carbocycles. The number of hydrogen-bond donors (Lipinski definition) is 0. The lowest BCUT2D eigenvalue weighted by Crippen LogP contribution is -2.45. The lowest BCUT2D eigenvalue weighted by molar-refractivity contribution is 0.105. The van der Waals surface area contributed by atoms with Crippen molar-refractivity contribution in [3.63, 3.8) is 0 Å². The highest BCUT2D eigenvalue weighted by Gasteiger charge is 2.76. The molecule has 0 bridgehead atoms. The third kappa shape index (κ3) is 1.32. The Kier molecular flexibility index (Phi) is 2.75. The second-order valence-corrected chi connectivity index (χ2v) is 6.91. The van der Waals surface area contributed by atoms with E-state index in [2.05, 4.69) is 37.1 Å².